The third kappa shape index (κ3) is 3.48. The number of amides is 1. The van der Waals surface area contributed by atoms with E-state index in [1.54, 1.807) is 13.2 Å². The van der Waals surface area contributed by atoms with Gasteiger partial charge in [0.2, 0.25) is 5.91 Å². The van der Waals surface area contributed by atoms with Gasteiger partial charge < -0.3 is 4.74 Å². The summed E-state index contributed by atoms with van der Waals surface area (Å²) in [6.07, 6.45) is 6.53. The molecule has 5 heteroatoms. The van der Waals surface area contributed by atoms with Crippen LogP contribution in [0.15, 0.2) is 18.5 Å². The highest BCUT2D eigenvalue weighted by Crippen LogP contribution is 2.48. The number of ether oxygens (including phenoxy) is 1. The van der Waals surface area contributed by atoms with Crippen molar-refractivity contribution in [1.29, 1.82) is 0 Å². The molecule has 0 spiro atoms. The van der Waals surface area contributed by atoms with Crippen LogP contribution in [0.5, 0.6) is 5.75 Å². The topological polar surface area (TPSA) is 51.7 Å². The molecule has 0 N–H and O–H groups in total. The lowest BCUT2D eigenvalue weighted by Crippen LogP contribution is -2.27. The van der Waals surface area contributed by atoms with Crippen LogP contribution in [-0.4, -0.2) is 36.7 Å². The highest BCUT2D eigenvalue weighted by molar-refractivity contribution is 5.81. The number of hydrogen-bond donors (Lipinski definition) is 0. The summed E-state index contributed by atoms with van der Waals surface area (Å²) in [4.78, 5) is 21.1. The van der Waals surface area contributed by atoms with E-state index in [0.717, 1.165) is 30.6 Å². The molecule has 1 amide bonds. The third-order valence-electron chi connectivity index (χ3n) is 3.62. The number of carbonyl (C=O) groups is 1. The first kappa shape index (κ1) is 14.8. The third-order valence-corrected chi connectivity index (χ3v) is 3.62. The summed E-state index contributed by atoms with van der Waals surface area (Å²) in [5, 5.41) is 1.29. The van der Waals surface area contributed by atoms with Gasteiger partial charge >= 0.3 is 0 Å². The van der Waals surface area contributed by atoms with Crippen molar-refractivity contribution in [1.82, 2.24) is 10.0 Å². The van der Waals surface area contributed by atoms with Gasteiger partial charge in [0.15, 0.2) is 0 Å². The Morgan fingerprint density at radius 1 is 1.50 bits per heavy atom. The molecular formula is C15H22N2O3. The van der Waals surface area contributed by atoms with Gasteiger partial charge in [-0.3, -0.25) is 14.6 Å². The predicted octanol–water partition coefficient (Wildman–Crippen LogP) is 2.38. The summed E-state index contributed by atoms with van der Waals surface area (Å²) >= 11 is 0. The minimum absolute atomic E-state index is 0.00708. The molecule has 0 aromatic carbocycles. The van der Waals surface area contributed by atoms with Crippen molar-refractivity contribution in [3.8, 4) is 5.75 Å². The molecule has 2 unspecified atom stereocenters. The fourth-order valence-electron chi connectivity index (χ4n) is 2.21. The average molecular weight is 278 g/mol. The van der Waals surface area contributed by atoms with Crippen molar-refractivity contribution in [3.63, 3.8) is 0 Å². The van der Waals surface area contributed by atoms with E-state index >= 15 is 0 Å². The molecule has 1 aromatic heterocycles. The predicted molar refractivity (Wildman–Crippen MR) is 75.3 cm³/mol. The monoisotopic (exact) mass is 278 g/mol. The van der Waals surface area contributed by atoms with Crippen LogP contribution >= 0.6 is 0 Å². The van der Waals surface area contributed by atoms with Crippen LogP contribution in [0, 0.1) is 5.92 Å². The van der Waals surface area contributed by atoms with Gasteiger partial charge in [-0.25, -0.2) is 5.06 Å². The molecule has 1 saturated carbocycles. The molecule has 0 bridgehead atoms. The first-order valence-corrected chi connectivity index (χ1v) is 7.06. The van der Waals surface area contributed by atoms with Gasteiger partial charge in [-0.1, -0.05) is 13.3 Å². The van der Waals surface area contributed by atoms with Crippen molar-refractivity contribution >= 4 is 5.91 Å². The van der Waals surface area contributed by atoms with Crippen LogP contribution in [0.25, 0.3) is 0 Å². The molecule has 0 aliphatic heterocycles. The molecule has 0 radical (unpaired) electrons. The number of hydroxylamine groups is 2. The molecule has 1 aliphatic carbocycles. The summed E-state index contributed by atoms with van der Waals surface area (Å²) in [5.41, 5.74) is 1.07. The maximum absolute atomic E-state index is 12.0. The first-order valence-electron chi connectivity index (χ1n) is 7.06. The Bertz CT molecular complexity index is 464. The zero-order valence-electron chi connectivity index (χ0n) is 12.3. The number of rotatable bonds is 7. The Hall–Kier alpha value is -1.62. The number of aromatic nitrogens is 1. The second kappa shape index (κ2) is 6.70. The van der Waals surface area contributed by atoms with Crippen molar-refractivity contribution < 1.29 is 14.4 Å². The Morgan fingerprint density at radius 2 is 2.30 bits per heavy atom. The quantitative estimate of drug-likeness (QED) is 0.567. The van der Waals surface area contributed by atoms with Crippen LogP contribution in [0.4, 0.5) is 0 Å². The molecule has 1 fully saturated rings. The minimum Gasteiger partial charge on any atom is -0.492 e. The Labute approximate surface area is 119 Å². The SMILES string of the molecule is CCCCOc1cncc(C2CC2C(=O)N(C)OC)c1. The summed E-state index contributed by atoms with van der Waals surface area (Å²) < 4.78 is 5.65. The van der Waals surface area contributed by atoms with Crippen LogP contribution in [0.2, 0.25) is 0 Å². The van der Waals surface area contributed by atoms with E-state index in [-0.39, 0.29) is 17.7 Å². The van der Waals surface area contributed by atoms with Crippen LogP contribution in [0.3, 0.4) is 0 Å². The fraction of sp³-hybridized carbons (Fsp3) is 0.600. The van der Waals surface area contributed by atoms with Gasteiger partial charge in [0, 0.05) is 19.2 Å². The van der Waals surface area contributed by atoms with Gasteiger partial charge in [-0.2, -0.15) is 0 Å². The molecule has 1 aromatic rings. The minimum atomic E-state index is 0.00708. The molecule has 2 atom stereocenters. The Balaban J connectivity index is 1.94. The number of pyridine rings is 1. The van der Waals surface area contributed by atoms with Crippen molar-refractivity contribution in [3.05, 3.63) is 24.0 Å². The highest BCUT2D eigenvalue weighted by atomic mass is 16.7. The van der Waals surface area contributed by atoms with Gasteiger partial charge in [0.05, 0.1) is 19.9 Å². The molecule has 1 aliphatic rings. The van der Waals surface area contributed by atoms with E-state index < -0.39 is 0 Å². The molecular weight excluding hydrogens is 256 g/mol. The lowest BCUT2D eigenvalue weighted by Gasteiger charge is -2.13. The Kier molecular flexibility index (Phi) is 4.95. The largest absolute Gasteiger partial charge is 0.492 e. The molecule has 20 heavy (non-hydrogen) atoms. The molecule has 5 nitrogen and oxygen atoms in total. The van der Waals surface area contributed by atoms with Crippen molar-refractivity contribution in [2.75, 3.05) is 20.8 Å². The normalized spacial score (nSPS) is 20.6. The average Bonchev–Trinajstić information content (AvgIpc) is 3.27. The van der Waals surface area contributed by atoms with Gasteiger partial charge in [-0.15, -0.1) is 0 Å². The first-order chi connectivity index (χ1) is 9.67. The maximum atomic E-state index is 12.0. The summed E-state index contributed by atoms with van der Waals surface area (Å²) in [6.45, 7) is 2.84. The second-order valence-corrected chi connectivity index (χ2v) is 5.12. The van der Waals surface area contributed by atoms with E-state index in [4.69, 9.17) is 9.57 Å². The number of nitrogens with zero attached hydrogens (tertiary/aromatic N) is 2. The standard InChI is InChI=1S/C15H22N2O3/c1-4-5-6-20-12-7-11(9-16-10-12)13-8-14(13)15(18)17(2)19-3/h7,9-10,13-14H,4-6,8H2,1-3H3. The van der Waals surface area contributed by atoms with Gasteiger partial charge in [-0.05, 0) is 30.4 Å². The van der Waals surface area contributed by atoms with Gasteiger partial charge in [0.1, 0.15) is 5.75 Å². The van der Waals surface area contributed by atoms with E-state index in [2.05, 4.69) is 11.9 Å². The summed E-state index contributed by atoms with van der Waals surface area (Å²) in [5.74, 6) is 1.05. The summed E-state index contributed by atoms with van der Waals surface area (Å²) in [7, 11) is 3.14. The lowest BCUT2D eigenvalue weighted by atomic mass is 10.1. The molecule has 2 rings (SSSR count). The van der Waals surface area contributed by atoms with Crippen LogP contribution in [0.1, 0.15) is 37.7 Å². The number of carbonyl (C=O) groups excluding carboxylic acids is 1. The fourth-order valence-corrected chi connectivity index (χ4v) is 2.21. The van der Waals surface area contributed by atoms with Crippen LogP contribution in [-0.2, 0) is 9.63 Å². The molecule has 1 heterocycles. The smallest absolute Gasteiger partial charge is 0.249 e. The zero-order valence-corrected chi connectivity index (χ0v) is 12.3. The van der Waals surface area contributed by atoms with Gasteiger partial charge in [0.25, 0.3) is 0 Å². The number of hydrogen-bond acceptors (Lipinski definition) is 4. The van der Waals surface area contributed by atoms with Crippen LogP contribution < -0.4 is 4.74 Å². The van der Waals surface area contributed by atoms with E-state index in [1.165, 1.54) is 12.2 Å². The molecule has 110 valence electrons. The zero-order chi connectivity index (χ0) is 14.5. The van der Waals surface area contributed by atoms with Crippen molar-refractivity contribution in [2.45, 2.75) is 32.1 Å². The van der Waals surface area contributed by atoms with E-state index in [9.17, 15) is 4.79 Å². The summed E-state index contributed by atoms with van der Waals surface area (Å²) in [6, 6.07) is 1.99. The maximum Gasteiger partial charge on any atom is 0.249 e. The lowest BCUT2D eigenvalue weighted by molar-refractivity contribution is -0.170. The molecule has 0 saturated heterocycles. The van der Waals surface area contributed by atoms with E-state index in [1.807, 2.05) is 12.3 Å². The second-order valence-electron chi connectivity index (χ2n) is 5.12. The highest BCUT2D eigenvalue weighted by Gasteiger charge is 2.45. The number of unbranched alkanes of at least 4 members (excludes halogenated alkanes) is 1. The van der Waals surface area contributed by atoms with Crippen molar-refractivity contribution in [2.24, 2.45) is 5.92 Å². The van der Waals surface area contributed by atoms with E-state index in [0.29, 0.717) is 6.61 Å². The Morgan fingerprint density at radius 3 is 3.00 bits per heavy atom.